The standard InChI is InChI=1S/C20H31N3O.2ClH/c1-15-7-5-6-10-23(15)14-18-9-4-3-8-17(18)13-22-20(24)16(2)19-11-21-12-19;;/h3-4,8-9,15-16,19,21H,5-7,10-14H2,1-2H3,(H,22,24);2*1H. The van der Waals surface area contributed by atoms with Crippen molar-refractivity contribution in [2.45, 2.75) is 52.2 Å². The highest BCUT2D eigenvalue weighted by Gasteiger charge is 2.28. The van der Waals surface area contributed by atoms with Crippen molar-refractivity contribution in [2.75, 3.05) is 19.6 Å². The Kier molecular flexibility index (Phi) is 9.94. The molecule has 1 amide bonds. The smallest absolute Gasteiger partial charge is 0.223 e. The zero-order valence-electron chi connectivity index (χ0n) is 15.9. The molecule has 0 aromatic heterocycles. The van der Waals surface area contributed by atoms with Crippen LogP contribution in [0.3, 0.4) is 0 Å². The Balaban J connectivity index is 0.00000169. The third-order valence-electron chi connectivity index (χ3n) is 5.82. The lowest BCUT2D eigenvalue weighted by molar-refractivity contribution is -0.126. The molecule has 0 radical (unpaired) electrons. The summed E-state index contributed by atoms with van der Waals surface area (Å²) in [6.45, 7) is 9.14. The Morgan fingerprint density at radius 2 is 1.92 bits per heavy atom. The molecular weight excluding hydrogens is 369 g/mol. The third kappa shape index (κ3) is 5.85. The van der Waals surface area contributed by atoms with Crippen LogP contribution in [0.25, 0.3) is 0 Å². The Hall–Kier alpha value is -0.810. The molecule has 1 aromatic carbocycles. The monoisotopic (exact) mass is 401 g/mol. The third-order valence-corrected chi connectivity index (χ3v) is 5.82. The first-order valence-electron chi connectivity index (χ1n) is 9.44. The minimum absolute atomic E-state index is 0. The van der Waals surface area contributed by atoms with Gasteiger partial charge in [0.05, 0.1) is 0 Å². The van der Waals surface area contributed by atoms with Crippen LogP contribution >= 0.6 is 24.8 Å². The fourth-order valence-corrected chi connectivity index (χ4v) is 3.72. The minimum atomic E-state index is 0. The minimum Gasteiger partial charge on any atom is -0.352 e. The van der Waals surface area contributed by atoms with Gasteiger partial charge in [-0.2, -0.15) is 0 Å². The van der Waals surface area contributed by atoms with Crippen molar-refractivity contribution in [1.29, 1.82) is 0 Å². The maximum atomic E-state index is 12.4. The van der Waals surface area contributed by atoms with E-state index >= 15 is 0 Å². The number of nitrogens with one attached hydrogen (secondary N) is 2. The molecule has 148 valence electrons. The van der Waals surface area contributed by atoms with Crippen LogP contribution in [-0.2, 0) is 17.9 Å². The van der Waals surface area contributed by atoms with E-state index in [1.54, 1.807) is 0 Å². The number of benzene rings is 1. The van der Waals surface area contributed by atoms with Crippen molar-refractivity contribution in [3.63, 3.8) is 0 Å². The number of hydrogen-bond donors (Lipinski definition) is 2. The number of nitrogens with zero attached hydrogens (tertiary/aromatic N) is 1. The van der Waals surface area contributed by atoms with Crippen LogP contribution in [0.5, 0.6) is 0 Å². The van der Waals surface area contributed by atoms with Crippen LogP contribution in [-0.4, -0.2) is 36.5 Å². The summed E-state index contributed by atoms with van der Waals surface area (Å²) in [5.41, 5.74) is 2.60. The highest BCUT2D eigenvalue weighted by atomic mass is 35.5. The molecule has 3 rings (SSSR count). The van der Waals surface area contributed by atoms with Crippen molar-refractivity contribution in [1.82, 2.24) is 15.5 Å². The van der Waals surface area contributed by atoms with E-state index in [4.69, 9.17) is 0 Å². The average Bonchev–Trinajstić information content (AvgIpc) is 2.54. The lowest BCUT2D eigenvalue weighted by atomic mass is 9.88. The molecule has 26 heavy (non-hydrogen) atoms. The molecule has 2 heterocycles. The molecule has 0 aliphatic carbocycles. The number of amides is 1. The van der Waals surface area contributed by atoms with Gasteiger partial charge >= 0.3 is 0 Å². The van der Waals surface area contributed by atoms with Crippen molar-refractivity contribution < 1.29 is 4.79 Å². The lowest BCUT2D eigenvalue weighted by Gasteiger charge is -2.34. The molecule has 0 saturated carbocycles. The van der Waals surface area contributed by atoms with Crippen LogP contribution in [0, 0.1) is 11.8 Å². The summed E-state index contributed by atoms with van der Waals surface area (Å²) in [5, 5.41) is 6.40. The molecule has 1 aromatic rings. The summed E-state index contributed by atoms with van der Waals surface area (Å²) in [6.07, 6.45) is 3.95. The van der Waals surface area contributed by atoms with Gasteiger partial charge in [-0.05, 0) is 56.4 Å². The summed E-state index contributed by atoms with van der Waals surface area (Å²) >= 11 is 0. The van der Waals surface area contributed by atoms with Gasteiger partial charge in [0, 0.05) is 25.0 Å². The second-order valence-electron chi connectivity index (χ2n) is 7.51. The maximum absolute atomic E-state index is 12.4. The largest absolute Gasteiger partial charge is 0.352 e. The fraction of sp³-hybridized carbons (Fsp3) is 0.650. The molecular formula is C20H33Cl2N3O. The van der Waals surface area contributed by atoms with Gasteiger partial charge in [0.15, 0.2) is 0 Å². The number of likely N-dealkylation sites (tertiary alicyclic amines) is 1. The lowest BCUT2D eigenvalue weighted by Crippen LogP contribution is -2.49. The van der Waals surface area contributed by atoms with E-state index in [-0.39, 0.29) is 36.6 Å². The van der Waals surface area contributed by atoms with Crippen LogP contribution in [0.2, 0.25) is 0 Å². The van der Waals surface area contributed by atoms with Gasteiger partial charge in [-0.15, -0.1) is 24.8 Å². The van der Waals surface area contributed by atoms with Crippen molar-refractivity contribution in [2.24, 2.45) is 11.8 Å². The van der Waals surface area contributed by atoms with Gasteiger partial charge < -0.3 is 10.6 Å². The first-order valence-corrected chi connectivity index (χ1v) is 9.44. The van der Waals surface area contributed by atoms with E-state index in [0.717, 1.165) is 19.6 Å². The van der Waals surface area contributed by atoms with E-state index in [2.05, 4.69) is 46.7 Å². The predicted molar refractivity (Wildman–Crippen MR) is 112 cm³/mol. The van der Waals surface area contributed by atoms with Crippen molar-refractivity contribution in [3.8, 4) is 0 Å². The molecule has 2 unspecified atom stereocenters. The van der Waals surface area contributed by atoms with Gasteiger partial charge in [0.1, 0.15) is 0 Å². The fourth-order valence-electron chi connectivity index (χ4n) is 3.72. The normalized spacial score (nSPS) is 21.7. The summed E-state index contributed by atoms with van der Waals surface area (Å²) in [4.78, 5) is 14.9. The van der Waals surface area contributed by atoms with E-state index in [9.17, 15) is 4.79 Å². The first kappa shape index (κ1) is 23.2. The summed E-state index contributed by atoms with van der Waals surface area (Å²) < 4.78 is 0. The molecule has 2 aliphatic rings. The highest BCUT2D eigenvalue weighted by molar-refractivity contribution is 5.85. The quantitative estimate of drug-likeness (QED) is 0.767. The number of carbonyl (C=O) groups is 1. The van der Waals surface area contributed by atoms with E-state index in [0.29, 0.717) is 18.5 Å². The van der Waals surface area contributed by atoms with Crippen LogP contribution in [0.1, 0.15) is 44.2 Å². The Bertz CT molecular complexity index is 566. The van der Waals surface area contributed by atoms with Crippen LogP contribution < -0.4 is 10.6 Å². The van der Waals surface area contributed by atoms with E-state index < -0.39 is 0 Å². The number of hydrogen-bond acceptors (Lipinski definition) is 3. The van der Waals surface area contributed by atoms with Crippen LogP contribution in [0.4, 0.5) is 0 Å². The van der Waals surface area contributed by atoms with Gasteiger partial charge in [-0.25, -0.2) is 0 Å². The second kappa shape index (κ2) is 11.1. The molecule has 0 bridgehead atoms. The van der Waals surface area contributed by atoms with Gasteiger partial charge in [-0.3, -0.25) is 9.69 Å². The zero-order chi connectivity index (χ0) is 16.9. The summed E-state index contributed by atoms with van der Waals surface area (Å²) in [7, 11) is 0. The predicted octanol–water partition coefficient (Wildman–Crippen LogP) is 3.38. The number of halogens is 2. The molecule has 2 atom stereocenters. The summed E-state index contributed by atoms with van der Waals surface area (Å²) in [5.74, 6) is 0.776. The Morgan fingerprint density at radius 3 is 2.54 bits per heavy atom. The maximum Gasteiger partial charge on any atom is 0.223 e. The van der Waals surface area contributed by atoms with Gasteiger partial charge in [0.25, 0.3) is 0 Å². The molecule has 4 nitrogen and oxygen atoms in total. The number of carbonyl (C=O) groups excluding carboxylic acids is 1. The molecule has 6 heteroatoms. The molecule has 2 aliphatic heterocycles. The molecule has 0 spiro atoms. The first-order chi connectivity index (χ1) is 11.6. The Morgan fingerprint density at radius 1 is 1.23 bits per heavy atom. The molecule has 2 saturated heterocycles. The average molecular weight is 402 g/mol. The van der Waals surface area contributed by atoms with Gasteiger partial charge in [0.2, 0.25) is 5.91 Å². The Labute approximate surface area is 170 Å². The summed E-state index contributed by atoms with van der Waals surface area (Å²) in [6, 6.07) is 9.21. The highest BCUT2D eigenvalue weighted by Crippen LogP contribution is 2.21. The van der Waals surface area contributed by atoms with Crippen molar-refractivity contribution >= 4 is 30.7 Å². The van der Waals surface area contributed by atoms with Gasteiger partial charge in [-0.1, -0.05) is 37.6 Å². The second-order valence-corrected chi connectivity index (χ2v) is 7.51. The molecule has 2 N–H and O–H groups in total. The van der Waals surface area contributed by atoms with E-state index in [1.165, 1.54) is 36.9 Å². The SMILES string of the molecule is CC(C(=O)NCc1ccccc1CN1CCCCC1C)C1CNC1.Cl.Cl. The number of piperidine rings is 1. The zero-order valence-corrected chi connectivity index (χ0v) is 17.5. The number of rotatable bonds is 6. The topological polar surface area (TPSA) is 44.4 Å². The molecule has 2 fully saturated rings. The van der Waals surface area contributed by atoms with Crippen LogP contribution in [0.15, 0.2) is 24.3 Å². The van der Waals surface area contributed by atoms with E-state index in [1.807, 2.05) is 6.92 Å². The van der Waals surface area contributed by atoms with Crippen molar-refractivity contribution in [3.05, 3.63) is 35.4 Å².